The molecule has 2 amide bonds. The third kappa shape index (κ3) is 1.94. The predicted molar refractivity (Wildman–Crippen MR) is 106 cm³/mol. The van der Waals surface area contributed by atoms with Crippen LogP contribution in [-0.2, 0) is 16.1 Å². The Morgan fingerprint density at radius 2 is 0.964 bits per heavy atom. The van der Waals surface area contributed by atoms with Gasteiger partial charge < -0.3 is 0 Å². The van der Waals surface area contributed by atoms with Crippen LogP contribution in [0, 0.1) is 11.8 Å². The summed E-state index contributed by atoms with van der Waals surface area (Å²) < 4.78 is 0. The molecule has 3 nitrogen and oxygen atoms in total. The van der Waals surface area contributed by atoms with Crippen LogP contribution in [0.25, 0.3) is 0 Å². The van der Waals surface area contributed by atoms with E-state index in [9.17, 15) is 9.59 Å². The van der Waals surface area contributed by atoms with Crippen LogP contribution in [-0.4, -0.2) is 16.7 Å². The van der Waals surface area contributed by atoms with E-state index < -0.39 is 0 Å². The second-order valence-electron chi connectivity index (χ2n) is 8.01. The van der Waals surface area contributed by atoms with E-state index in [1.165, 1.54) is 27.2 Å². The normalized spacial score (nSPS) is 26.8. The van der Waals surface area contributed by atoms with E-state index in [-0.39, 0.29) is 35.5 Å². The fourth-order valence-corrected chi connectivity index (χ4v) is 5.66. The highest BCUT2D eigenvalue weighted by Gasteiger charge is 2.61. The summed E-state index contributed by atoms with van der Waals surface area (Å²) in [6.45, 7) is 0.359. The Balaban J connectivity index is 1.50. The standard InChI is InChI=1S/C25H19NO2/c27-24-22-20-16-10-4-5-11-17(16)21(19-13-7-6-12-18(19)20)23(22)25(28)26(24)14-15-8-2-1-3-9-15/h1-13,20-23H,14H2/t20?,21?,22-,23-/m1/s1. The molecule has 28 heavy (non-hydrogen) atoms. The first-order valence-corrected chi connectivity index (χ1v) is 9.82. The predicted octanol–water partition coefficient (Wildman–Crippen LogP) is 4.08. The van der Waals surface area contributed by atoms with Crippen LogP contribution < -0.4 is 0 Å². The number of carbonyl (C=O) groups is 2. The number of hydrogen-bond acceptors (Lipinski definition) is 2. The van der Waals surface area contributed by atoms with Crippen molar-refractivity contribution in [2.45, 2.75) is 18.4 Å². The third-order valence-corrected chi connectivity index (χ3v) is 6.72. The lowest BCUT2D eigenvalue weighted by atomic mass is 9.55. The van der Waals surface area contributed by atoms with Crippen LogP contribution in [0.5, 0.6) is 0 Å². The zero-order valence-corrected chi connectivity index (χ0v) is 15.3. The second-order valence-corrected chi connectivity index (χ2v) is 8.01. The van der Waals surface area contributed by atoms with Crippen molar-refractivity contribution < 1.29 is 9.59 Å². The average molecular weight is 365 g/mol. The number of likely N-dealkylation sites (tertiary alicyclic amines) is 1. The number of hydrogen-bond donors (Lipinski definition) is 0. The van der Waals surface area contributed by atoms with Gasteiger partial charge in [-0.3, -0.25) is 14.5 Å². The van der Waals surface area contributed by atoms with Crippen LogP contribution in [0.4, 0.5) is 0 Å². The molecule has 136 valence electrons. The van der Waals surface area contributed by atoms with Crippen LogP contribution in [0.3, 0.4) is 0 Å². The van der Waals surface area contributed by atoms with E-state index in [1.54, 1.807) is 0 Å². The molecule has 3 aliphatic carbocycles. The minimum absolute atomic E-state index is 0.0159. The van der Waals surface area contributed by atoms with E-state index in [4.69, 9.17) is 0 Å². The number of nitrogens with zero attached hydrogens (tertiary/aromatic N) is 1. The molecule has 7 rings (SSSR count). The first-order chi connectivity index (χ1) is 13.8. The van der Waals surface area contributed by atoms with Crippen molar-refractivity contribution in [2.24, 2.45) is 11.8 Å². The molecule has 0 N–H and O–H groups in total. The van der Waals surface area contributed by atoms with Gasteiger partial charge in [-0.2, -0.15) is 0 Å². The van der Waals surface area contributed by atoms with Gasteiger partial charge in [0, 0.05) is 11.8 Å². The lowest BCUT2D eigenvalue weighted by Crippen LogP contribution is -2.41. The van der Waals surface area contributed by atoms with Gasteiger partial charge in [0.2, 0.25) is 11.8 Å². The average Bonchev–Trinajstić information content (AvgIpc) is 3.00. The Morgan fingerprint density at radius 3 is 1.39 bits per heavy atom. The second kappa shape index (κ2) is 5.65. The number of amides is 2. The Morgan fingerprint density at radius 1 is 0.571 bits per heavy atom. The molecule has 0 unspecified atom stereocenters. The van der Waals surface area contributed by atoms with E-state index in [0.717, 1.165) is 5.56 Å². The summed E-state index contributed by atoms with van der Waals surface area (Å²) in [5.74, 6) is -0.660. The van der Waals surface area contributed by atoms with Crippen molar-refractivity contribution >= 4 is 11.8 Å². The van der Waals surface area contributed by atoms with Crippen LogP contribution in [0.2, 0.25) is 0 Å². The van der Waals surface area contributed by atoms with Gasteiger partial charge in [-0.15, -0.1) is 0 Å². The molecular weight excluding hydrogens is 346 g/mol. The Bertz CT molecular complexity index is 1000. The highest BCUT2D eigenvalue weighted by atomic mass is 16.2. The van der Waals surface area contributed by atoms with Crippen LogP contribution >= 0.6 is 0 Å². The van der Waals surface area contributed by atoms with Gasteiger partial charge >= 0.3 is 0 Å². The molecule has 1 saturated heterocycles. The molecule has 3 aromatic carbocycles. The molecule has 2 bridgehead atoms. The fraction of sp³-hybridized carbons (Fsp3) is 0.200. The van der Waals surface area contributed by atoms with Crippen LogP contribution in [0.1, 0.15) is 39.7 Å². The van der Waals surface area contributed by atoms with Crippen molar-refractivity contribution in [1.82, 2.24) is 4.90 Å². The molecule has 2 atom stereocenters. The zero-order valence-electron chi connectivity index (χ0n) is 15.3. The highest BCUT2D eigenvalue weighted by molar-refractivity contribution is 6.07. The molecule has 0 aromatic heterocycles. The Labute approximate surface area is 163 Å². The molecule has 0 spiro atoms. The Hall–Kier alpha value is -3.20. The van der Waals surface area contributed by atoms with Crippen molar-refractivity contribution in [3.63, 3.8) is 0 Å². The number of rotatable bonds is 2. The first-order valence-electron chi connectivity index (χ1n) is 9.82. The molecule has 3 heteroatoms. The maximum absolute atomic E-state index is 13.5. The number of imide groups is 1. The molecule has 0 radical (unpaired) electrons. The summed E-state index contributed by atoms with van der Waals surface area (Å²) >= 11 is 0. The summed E-state index contributed by atoms with van der Waals surface area (Å²) in [5, 5.41) is 0. The maximum atomic E-state index is 13.5. The number of carbonyl (C=O) groups excluding carboxylic acids is 2. The topological polar surface area (TPSA) is 37.4 Å². The van der Waals surface area contributed by atoms with Crippen molar-refractivity contribution in [3.05, 3.63) is 107 Å². The molecule has 1 aliphatic heterocycles. The summed E-state index contributed by atoms with van der Waals surface area (Å²) in [7, 11) is 0. The van der Waals surface area contributed by atoms with Crippen molar-refractivity contribution in [3.8, 4) is 0 Å². The van der Waals surface area contributed by atoms with Gasteiger partial charge in [-0.25, -0.2) is 0 Å². The smallest absolute Gasteiger partial charge is 0.234 e. The third-order valence-electron chi connectivity index (χ3n) is 6.72. The summed E-state index contributed by atoms with van der Waals surface area (Å²) in [6.07, 6.45) is 0. The fourth-order valence-electron chi connectivity index (χ4n) is 5.66. The van der Waals surface area contributed by atoms with E-state index >= 15 is 0 Å². The molecular formula is C25H19NO2. The van der Waals surface area contributed by atoms with Gasteiger partial charge in [0.05, 0.1) is 18.4 Å². The Kier molecular flexibility index (Phi) is 3.19. The summed E-state index contributed by atoms with van der Waals surface area (Å²) in [4.78, 5) is 28.4. The lowest BCUT2D eigenvalue weighted by molar-refractivity contribution is -0.140. The van der Waals surface area contributed by atoms with Crippen molar-refractivity contribution in [1.29, 1.82) is 0 Å². The summed E-state index contributed by atoms with van der Waals surface area (Å²) in [5.41, 5.74) is 5.86. The van der Waals surface area contributed by atoms with Crippen molar-refractivity contribution in [2.75, 3.05) is 0 Å². The molecule has 1 fully saturated rings. The quantitative estimate of drug-likeness (QED) is 0.642. The number of benzene rings is 3. The lowest BCUT2D eigenvalue weighted by Gasteiger charge is -2.45. The first kappa shape index (κ1) is 15.8. The highest BCUT2D eigenvalue weighted by Crippen LogP contribution is 2.61. The SMILES string of the molecule is O=C1[C@@H]2C3c4ccccc4C(c4ccccc43)[C@H]2C(=O)N1Cc1ccccc1. The minimum atomic E-state index is -0.286. The van der Waals surface area contributed by atoms with E-state index in [2.05, 4.69) is 24.3 Å². The van der Waals surface area contributed by atoms with Gasteiger partial charge in [-0.05, 0) is 27.8 Å². The summed E-state index contributed by atoms with van der Waals surface area (Å²) in [6, 6.07) is 26.5. The molecule has 3 aromatic rings. The molecule has 1 heterocycles. The van der Waals surface area contributed by atoms with Gasteiger partial charge in [-0.1, -0.05) is 78.9 Å². The van der Waals surface area contributed by atoms with Gasteiger partial charge in [0.1, 0.15) is 0 Å². The molecule has 4 aliphatic rings. The van der Waals surface area contributed by atoms with Crippen LogP contribution in [0.15, 0.2) is 78.9 Å². The van der Waals surface area contributed by atoms with E-state index in [0.29, 0.717) is 6.54 Å². The monoisotopic (exact) mass is 365 g/mol. The zero-order chi connectivity index (χ0) is 18.8. The minimum Gasteiger partial charge on any atom is -0.278 e. The maximum Gasteiger partial charge on any atom is 0.234 e. The van der Waals surface area contributed by atoms with Gasteiger partial charge in [0.15, 0.2) is 0 Å². The largest absolute Gasteiger partial charge is 0.278 e. The molecule has 0 saturated carbocycles. The van der Waals surface area contributed by atoms with Gasteiger partial charge in [0.25, 0.3) is 0 Å². The van der Waals surface area contributed by atoms with E-state index in [1.807, 2.05) is 54.6 Å².